The number of aromatic nitrogens is 3. The van der Waals surface area contributed by atoms with Crippen LogP contribution in [-0.2, 0) is 5.91 Å². The summed E-state index contributed by atoms with van der Waals surface area (Å²) in [4.78, 5) is 14.5. The Morgan fingerprint density at radius 1 is 0.354 bits per heavy atom. The molecule has 19 nitrogen and oxygen atoms in total. The first-order valence-electron chi connectivity index (χ1n) is 36.8. The average Bonchev–Trinajstić information content (AvgIpc) is 1.49. The maximum atomic E-state index is 10.0. The topological polar surface area (TPSA) is 300 Å². The number of nitrogens with two attached hydrogens (primary N) is 4. The van der Waals surface area contributed by atoms with Crippen LogP contribution < -0.4 is 53.9 Å². The van der Waals surface area contributed by atoms with Crippen molar-refractivity contribution in [3.8, 4) is 11.5 Å². The Hall–Kier alpha value is -14.0. The van der Waals surface area contributed by atoms with Crippen LogP contribution in [0.3, 0.4) is 0 Å². The van der Waals surface area contributed by atoms with Crippen LogP contribution in [0.15, 0.2) is 335 Å². The number of H-pyrrole nitrogens is 1. The van der Waals surface area contributed by atoms with Crippen LogP contribution in [0.4, 0.5) is 22.7 Å². The van der Waals surface area contributed by atoms with Gasteiger partial charge in [0, 0.05) is 80.7 Å². The number of hydrogen-bond donors (Lipinski definition) is 11. The molecule has 15 N–H and O–H groups in total. The molecule has 0 saturated heterocycles. The van der Waals surface area contributed by atoms with Crippen LogP contribution >= 0.6 is 0 Å². The minimum atomic E-state index is -1.61. The first-order chi connectivity index (χ1) is 55.2. The van der Waals surface area contributed by atoms with Crippen molar-refractivity contribution in [2.45, 2.75) is 12.3 Å². The zero-order chi connectivity index (χ0) is 76.7. The van der Waals surface area contributed by atoms with E-state index in [-0.39, 0.29) is 0 Å². The highest BCUT2D eigenvalue weighted by molar-refractivity contribution is 6.59. The molecule has 3 aromatic heterocycles. The van der Waals surface area contributed by atoms with Crippen molar-refractivity contribution in [1.82, 2.24) is 14.1 Å². The van der Waals surface area contributed by atoms with Gasteiger partial charge >= 0.3 is 35.5 Å². The maximum Gasteiger partial charge on any atom is 0.569 e. The van der Waals surface area contributed by atoms with Crippen molar-refractivity contribution in [1.29, 1.82) is 0 Å². The Bertz CT molecular complexity index is 6450. The maximum absolute atomic E-state index is 10.0. The van der Waals surface area contributed by atoms with Crippen LogP contribution in [0.2, 0.25) is 0 Å². The molecule has 0 saturated carbocycles. The minimum Gasteiger partial charge on any atom is -0.537 e. The summed E-state index contributed by atoms with van der Waals surface area (Å²) in [6.45, 7) is 0. The van der Waals surface area contributed by atoms with E-state index in [1.807, 2.05) is 146 Å². The number of nitrogens with zero attached hydrogens (tertiary/aromatic N) is 6. The normalized spacial score (nSPS) is 17.4. The third kappa shape index (κ3) is 10.9. The zero-order valence-corrected chi connectivity index (χ0v) is 60.2. The van der Waals surface area contributed by atoms with Crippen LogP contribution in [0.5, 0.6) is 11.5 Å². The molecule has 8 aromatic carbocycles. The molecule has 8 bridgehead atoms. The predicted octanol–water partition coefficient (Wildman–Crippen LogP) is 8.36. The van der Waals surface area contributed by atoms with E-state index in [0.29, 0.717) is 67.0 Å². The van der Waals surface area contributed by atoms with E-state index < -0.39 is 20.1 Å². The van der Waals surface area contributed by atoms with Crippen molar-refractivity contribution in [3.05, 3.63) is 403 Å². The predicted molar refractivity (Wildman–Crippen MR) is 447 cm³/mol. The second-order valence-corrected chi connectivity index (χ2v) is 28.6. The molecular formula is C90H65B4N11O8+2. The van der Waals surface area contributed by atoms with Gasteiger partial charge in [-0.3, -0.25) is 0 Å². The number of nitrogen functional groups attached to an aromatic ring is 4. The van der Waals surface area contributed by atoms with Gasteiger partial charge in [-0.25, -0.2) is 9.98 Å². The second-order valence-electron chi connectivity index (χ2n) is 28.6. The third-order valence-electron chi connectivity index (χ3n) is 22.3. The smallest absolute Gasteiger partial charge is 0.537 e. The number of aromatic amines is 1. The first-order valence-corrected chi connectivity index (χ1v) is 36.8. The molecule has 538 valence electrons. The highest BCUT2D eigenvalue weighted by Gasteiger charge is 2.73. The molecule has 113 heavy (non-hydrogen) atoms. The summed E-state index contributed by atoms with van der Waals surface area (Å²) in [5.41, 5.74) is 57.1. The average molecular weight is 1470 g/mol. The molecule has 1 aliphatic carbocycles. The van der Waals surface area contributed by atoms with Gasteiger partial charge < -0.3 is 67.4 Å². The van der Waals surface area contributed by atoms with E-state index in [9.17, 15) is 30.1 Å². The largest absolute Gasteiger partial charge is 0.569 e. The fourth-order valence-corrected chi connectivity index (χ4v) is 17.4. The number of allylic oxidation sites excluding steroid dienone is 14. The van der Waals surface area contributed by atoms with Gasteiger partial charge in [-0.1, -0.05) is 143 Å². The van der Waals surface area contributed by atoms with Gasteiger partial charge in [-0.15, -0.1) is 0 Å². The highest BCUT2D eigenvalue weighted by atomic mass is 16.5. The summed E-state index contributed by atoms with van der Waals surface area (Å²) in [7, 11) is -1.90. The van der Waals surface area contributed by atoms with E-state index >= 15 is 0 Å². The minimum absolute atomic E-state index is 0.382. The van der Waals surface area contributed by atoms with Crippen LogP contribution in [0.1, 0.15) is 73.7 Å². The molecule has 21 rings (SSSR count). The fraction of sp³-hybridized carbons (Fsp3) is 0.0222. The lowest BCUT2D eigenvalue weighted by Crippen LogP contribution is -2.71. The monoisotopic (exact) mass is 1470 g/mol. The Labute approximate surface area is 649 Å². The Morgan fingerprint density at radius 3 is 1.05 bits per heavy atom. The molecule has 0 fully saturated rings. The third-order valence-corrected chi connectivity index (χ3v) is 22.3. The number of anilines is 4. The van der Waals surface area contributed by atoms with E-state index in [1.165, 1.54) is 0 Å². The van der Waals surface area contributed by atoms with E-state index in [0.717, 1.165) is 179 Å². The number of hydrogen-bond acceptors (Lipinski definition) is 14. The van der Waals surface area contributed by atoms with Crippen molar-refractivity contribution in [3.63, 3.8) is 0 Å². The lowest BCUT2D eigenvalue weighted by atomic mass is 9.79. The standard InChI is InChI=1S/C45H30B4N4O8.C45H35N7/c54-46-60-31-13-5-27(6-14-31)43-37-21-19-35-41(25-1-9-29(10-2-25)48(56)57)33-17-18-34-42(26-3-11-30(12-4-26)49(58)59)36-20-22-38-44(28-7-15-32(16-8-28)61-47-55)40-24-23-39(43)53(40)45(50(33)34,51(35)37)52(36)38;46-32-11-3-26(4-12-32)42-30-1-2-31(25-30)43(27-5-13-33(47)14-6-27)37-20-22-39(51-37)45(29-9-17-35(49)18-10-29)41-24-23-40(52-41)44(38-21-19-36(42)50-38)28-7-15-34(48)16-8-28/h1-24,54-59H;1-24,52H,25,46-49H2/q+2;. The summed E-state index contributed by atoms with van der Waals surface area (Å²) in [5.74, 6) is -0.0956. The van der Waals surface area contributed by atoms with Crippen molar-refractivity contribution in [2.24, 2.45) is 9.98 Å². The van der Waals surface area contributed by atoms with E-state index in [4.69, 9.17) is 42.2 Å². The molecule has 0 amide bonds. The van der Waals surface area contributed by atoms with Gasteiger partial charge in [0.25, 0.3) is 0 Å². The molecule has 10 aliphatic rings. The van der Waals surface area contributed by atoms with Crippen LogP contribution in [-0.4, -0.2) is 106 Å². The van der Waals surface area contributed by atoms with Gasteiger partial charge in [-0.2, -0.15) is 9.13 Å². The van der Waals surface area contributed by atoms with Crippen LogP contribution in [0, 0.1) is 0 Å². The van der Waals surface area contributed by atoms with Crippen molar-refractivity contribution >= 4 is 131 Å². The van der Waals surface area contributed by atoms with Crippen LogP contribution in [0.25, 0.3) is 44.6 Å². The Kier molecular flexibility index (Phi) is 16.1. The van der Waals surface area contributed by atoms with Gasteiger partial charge in [0.1, 0.15) is 11.5 Å². The number of rotatable bonds is 14. The first kappa shape index (κ1) is 68.3. The molecular weight excluding hydrogens is 1410 g/mol. The number of benzene rings is 8. The molecule has 1 spiro atoms. The number of nitrogens with one attached hydrogen (secondary N) is 1. The molecule has 1 atom stereocenters. The quantitative estimate of drug-likeness (QED) is 0.0278. The summed E-state index contributed by atoms with van der Waals surface area (Å²) in [6, 6.07) is 74.7. The fourth-order valence-electron chi connectivity index (χ4n) is 17.4. The molecule has 1 unspecified atom stereocenters. The molecule has 9 aliphatic heterocycles. The van der Waals surface area contributed by atoms with Crippen molar-refractivity contribution in [2.75, 3.05) is 22.9 Å². The second kappa shape index (κ2) is 26.6. The molecule has 2 radical (unpaired) electrons. The molecule has 23 heteroatoms. The summed E-state index contributed by atoms with van der Waals surface area (Å²) < 4.78 is 20.3. The SMILES string of the molecule is Nc1ccc(C2=C3C=CC(=C(c4ccc(N)cc4)C4=NC(=C(c5ccc(N)cc5)c5ccc([nH]5)C(c5ccc(N)cc5)=C5C=CC2=N5)C=C4)C3)cc1.O[B]Oc1ccc(C2=C3C=CC4=[N+]3C35n6c2ccc6C(c2ccc(B(O)O)cc2)=C2C=CC(=[N+]23)C(c2ccc(B(O)O)cc2)=c2ccc(n25)=C4c2ccc(O[B]O)cc2)cc1. The summed E-state index contributed by atoms with van der Waals surface area (Å²) >= 11 is 0. The van der Waals surface area contributed by atoms with E-state index in [1.54, 1.807) is 24.3 Å². The van der Waals surface area contributed by atoms with Gasteiger partial charge in [0.2, 0.25) is 22.8 Å². The number of aliphatic imine (C=N–C) groups is 2. The lowest BCUT2D eigenvalue weighted by molar-refractivity contribution is -0.834. The summed E-state index contributed by atoms with van der Waals surface area (Å²) in [6.07, 6.45) is 22.2. The molecule has 12 heterocycles. The Morgan fingerprint density at radius 2 is 0.690 bits per heavy atom. The summed E-state index contributed by atoms with van der Waals surface area (Å²) in [5, 5.41) is 60.9. The molecule has 11 aromatic rings. The van der Waals surface area contributed by atoms with Crippen molar-refractivity contribution < 1.29 is 48.6 Å². The lowest BCUT2D eigenvalue weighted by Gasteiger charge is -2.41. The van der Waals surface area contributed by atoms with Gasteiger partial charge in [0.05, 0.1) is 67.2 Å². The van der Waals surface area contributed by atoms with Gasteiger partial charge in [-0.05, 0) is 206 Å². The zero-order valence-electron chi connectivity index (χ0n) is 60.2. The van der Waals surface area contributed by atoms with E-state index in [2.05, 4.69) is 145 Å². The number of fused-ring (bicyclic) bond motifs is 6. The highest BCUT2D eigenvalue weighted by Crippen LogP contribution is 2.54. The Balaban J connectivity index is 0.000000149. The van der Waals surface area contributed by atoms with Gasteiger partial charge in [0.15, 0.2) is 0 Å².